The lowest BCUT2D eigenvalue weighted by Crippen LogP contribution is -2.12. The smallest absolute Gasteiger partial charge is 0.171 e. The van der Waals surface area contributed by atoms with Gasteiger partial charge in [0, 0.05) is 25.2 Å². The highest BCUT2D eigenvalue weighted by Gasteiger charge is 2.29. The fourth-order valence-corrected chi connectivity index (χ4v) is 3.21. The Morgan fingerprint density at radius 2 is 0.746 bits per heavy atom. The molecule has 2 rings (SSSR count). The van der Waals surface area contributed by atoms with Crippen LogP contribution in [0.1, 0.15) is 307 Å². The molecule has 372 valence electrons. The van der Waals surface area contributed by atoms with Crippen molar-refractivity contribution < 1.29 is 38.7 Å². The maximum Gasteiger partial charge on any atom is 0.389 e. The summed E-state index contributed by atoms with van der Waals surface area (Å²) < 4.78 is 133. The SMILES string of the molecule is CC.CCC.CCCC.CC[C@H](C)CC(F)(F)F.CC[C@H](C)CC(F)(F)F.[2H]C(C)(C)C.[2H]C([2H])(C)C(C)(C)C.[2H]C([2H])(C)C(C)C.[2H]C([2H])(C)CC.[2H]C1(C)CCCC1.[2H]C1(C)CCCCC1. The number of rotatable bonds is 7. The summed E-state index contributed by atoms with van der Waals surface area (Å²) >= 11 is 0. The summed E-state index contributed by atoms with van der Waals surface area (Å²) in [6, 6.07) is 0. The lowest BCUT2D eigenvalue weighted by molar-refractivity contribution is -0.144. The topological polar surface area (TPSA) is 0 Å². The normalized spacial score (nSPS) is 18.7. The predicted molar refractivity (Wildman–Crippen MR) is 264 cm³/mol. The lowest BCUT2D eigenvalue weighted by atomic mass is 9.91. The number of hydrogen-bond donors (Lipinski definition) is 0. The van der Waals surface area contributed by atoms with Crippen LogP contribution in [0.3, 0.4) is 0 Å². The molecule has 0 nitrogen and oxygen atoms in total. The minimum atomic E-state index is -3.98. The summed E-state index contributed by atoms with van der Waals surface area (Å²) in [5.74, 6) is -0.708. The molecule has 0 aromatic carbocycles. The number of halogens is 6. The van der Waals surface area contributed by atoms with E-state index in [4.69, 9.17) is 12.3 Å². The van der Waals surface area contributed by atoms with Crippen molar-refractivity contribution in [1.29, 1.82) is 0 Å². The molecular formula is C53H118F6. The molecule has 0 unspecified atom stereocenters. The molecule has 2 fully saturated rings. The third-order valence-electron chi connectivity index (χ3n) is 7.90. The van der Waals surface area contributed by atoms with Crippen molar-refractivity contribution in [2.45, 2.75) is 307 Å². The van der Waals surface area contributed by atoms with Crippen molar-refractivity contribution in [2.75, 3.05) is 0 Å². The van der Waals surface area contributed by atoms with Crippen LogP contribution in [-0.2, 0) is 0 Å². The van der Waals surface area contributed by atoms with Gasteiger partial charge in [-0.15, -0.1) is 0 Å². The third kappa shape index (κ3) is 141. The Balaban J connectivity index is -0.0000000819. The molecule has 0 aliphatic heterocycles. The molecule has 2 aliphatic carbocycles. The first-order valence-corrected chi connectivity index (χ1v) is 23.5. The highest BCUT2D eigenvalue weighted by atomic mass is 19.4. The number of hydrogen-bond acceptors (Lipinski definition) is 0. The zero-order chi connectivity index (χ0) is 57.3. The Kier molecular flexibility index (Phi) is 57.2. The van der Waals surface area contributed by atoms with Crippen molar-refractivity contribution in [2.24, 2.45) is 40.9 Å². The lowest BCUT2D eigenvalue weighted by Gasteiger charge is -2.15. The van der Waals surface area contributed by atoms with Crippen LogP contribution in [0.25, 0.3) is 0 Å². The molecule has 0 spiro atoms. The summed E-state index contributed by atoms with van der Waals surface area (Å²) in [5, 5.41) is 0. The van der Waals surface area contributed by atoms with E-state index in [1.165, 1.54) is 51.4 Å². The summed E-state index contributed by atoms with van der Waals surface area (Å²) in [6.45, 7) is 45.0. The second kappa shape index (κ2) is 59.7. The molecule has 6 heteroatoms. The molecule has 0 bridgehead atoms. The summed E-state index contributed by atoms with van der Waals surface area (Å²) in [6.07, 6.45) is 4.35. The molecule has 2 atom stereocenters. The molecule has 0 amide bonds. The van der Waals surface area contributed by atoms with Crippen LogP contribution in [0.15, 0.2) is 0 Å². The average molecular weight is 879 g/mol. The average Bonchev–Trinajstić information content (AvgIpc) is 3.54. The highest BCUT2D eigenvalue weighted by molar-refractivity contribution is 4.61. The second-order valence-electron chi connectivity index (χ2n) is 17.2. The molecule has 0 N–H and O–H groups in total. The first kappa shape index (κ1) is 56.6. The van der Waals surface area contributed by atoms with E-state index in [-0.39, 0.29) is 40.9 Å². The molecule has 0 radical (unpaired) electrons. The third-order valence-corrected chi connectivity index (χ3v) is 7.90. The molecule has 59 heavy (non-hydrogen) atoms. The van der Waals surface area contributed by atoms with E-state index in [2.05, 4.69) is 27.7 Å². The molecule has 2 saturated carbocycles. The van der Waals surface area contributed by atoms with Crippen molar-refractivity contribution in [3.63, 3.8) is 0 Å². The maximum atomic E-state index is 11.5. The van der Waals surface area contributed by atoms with Gasteiger partial charge in [-0.1, -0.05) is 282 Å². The largest absolute Gasteiger partial charge is 0.389 e. The standard InChI is InChI=1S/C7H14.2C6H11F3.C6H12.C6H14.C5H12.3C4H10.C3H8.C2H6/c1-7-5-3-2-4-6-7;2*1-3-5(2)4-6(7,8)9;1-6-4-2-3-5-6;1-5-6(2,3)4;1-4-5(2)3;1-4(2)3;2*1-3-4-2;1-3-2;1-2/h7H,2-6H2,1H3;2*5H,3-4H2,1-2H3;6H,2-5H2,1H3;5H2,1-4H3;5H,4H2,1-3H3;4H,1-3H3;2*3-4H2,1-2H3;3H2,1-2H3;1-2H3/t;2*5-;;;;;;;;/m.00......../s1/i7D;;;6D;5D2;4D2;4D;3D2;;;. The minimum Gasteiger partial charge on any atom is -0.171 e. The Morgan fingerprint density at radius 3 is 0.814 bits per heavy atom. The highest BCUT2D eigenvalue weighted by Crippen LogP contribution is 2.27. The van der Waals surface area contributed by atoms with E-state index in [9.17, 15) is 26.3 Å². The van der Waals surface area contributed by atoms with Gasteiger partial charge in [-0.25, -0.2) is 0 Å². The summed E-state index contributed by atoms with van der Waals surface area (Å²) in [4.78, 5) is 0. The predicted octanol–water partition coefficient (Wildman–Crippen LogP) is 23.0. The molecular weight excluding hydrogens is 751 g/mol. The van der Waals surface area contributed by atoms with E-state index in [1.807, 2.05) is 90.0 Å². The van der Waals surface area contributed by atoms with Crippen LogP contribution in [0, 0.1) is 40.9 Å². The zero-order valence-corrected chi connectivity index (χ0v) is 44.5. The van der Waals surface area contributed by atoms with Crippen LogP contribution >= 0.6 is 0 Å². The van der Waals surface area contributed by atoms with Gasteiger partial charge in [0.2, 0.25) is 0 Å². The molecule has 0 saturated heterocycles. The van der Waals surface area contributed by atoms with Crippen molar-refractivity contribution in [3.8, 4) is 0 Å². The number of unbranched alkanes of at least 4 members (excludes halogenated alkanes) is 1. The van der Waals surface area contributed by atoms with Gasteiger partial charge in [0.15, 0.2) is 0 Å². The Morgan fingerprint density at radius 1 is 0.542 bits per heavy atom. The number of alkyl halides is 6. The Bertz CT molecular complexity index is 940. The fraction of sp³-hybridized carbons (Fsp3) is 1.00. The van der Waals surface area contributed by atoms with E-state index >= 15 is 0 Å². The quantitative estimate of drug-likeness (QED) is 0.224. The van der Waals surface area contributed by atoms with Crippen molar-refractivity contribution in [3.05, 3.63) is 0 Å². The first-order valence-electron chi connectivity index (χ1n) is 28.0. The van der Waals surface area contributed by atoms with E-state index < -0.39 is 44.3 Å². The van der Waals surface area contributed by atoms with Gasteiger partial charge in [-0.05, 0) is 40.9 Å². The monoisotopic (exact) mass is 878 g/mol. The minimum absolute atomic E-state index is 0.0556. The Hall–Kier alpha value is -0.420. The fourth-order valence-electron chi connectivity index (χ4n) is 3.21. The van der Waals surface area contributed by atoms with Gasteiger partial charge in [-0.2, -0.15) is 26.3 Å². The van der Waals surface area contributed by atoms with E-state index in [1.54, 1.807) is 48.5 Å². The summed E-state index contributed by atoms with van der Waals surface area (Å²) in [7, 11) is 0. The van der Waals surface area contributed by atoms with Gasteiger partial charge in [0.25, 0.3) is 0 Å². The van der Waals surface area contributed by atoms with Crippen LogP contribution in [0.2, 0.25) is 0 Å². The molecule has 0 aromatic heterocycles. The van der Waals surface area contributed by atoms with E-state index in [0.29, 0.717) is 19.3 Å². The van der Waals surface area contributed by atoms with Gasteiger partial charge < -0.3 is 0 Å². The van der Waals surface area contributed by atoms with Gasteiger partial charge >= 0.3 is 12.4 Å². The molecule has 0 aromatic rings. The zero-order valence-electron chi connectivity index (χ0n) is 53.5. The van der Waals surface area contributed by atoms with Gasteiger partial charge in [0.05, 0.1) is 0 Å². The van der Waals surface area contributed by atoms with Crippen LogP contribution in [0.5, 0.6) is 0 Å². The van der Waals surface area contributed by atoms with Crippen molar-refractivity contribution >= 4 is 0 Å². The summed E-state index contributed by atoms with van der Waals surface area (Å²) in [5.41, 5.74) is -0.229. The van der Waals surface area contributed by atoms with E-state index in [0.717, 1.165) is 25.7 Å². The van der Waals surface area contributed by atoms with Gasteiger partial charge in [0.1, 0.15) is 0 Å². The second-order valence-corrected chi connectivity index (χ2v) is 17.2. The van der Waals surface area contributed by atoms with Crippen LogP contribution in [-0.4, -0.2) is 12.4 Å². The van der Waals surface area contributed by atoms with Crippen molar-refractivity contribution in [1.82, 2.24) is 0 Å². The van der Waals surface area contributed by atoms with Crippen LogP contribution in [0.4, 0.5) is 26.3 Å². The maximum absolute atomic E-state index is 11.5. The first-order chi connectivity index (χ1) is 29.9. The molecule has 2 aliphatic rings. The van der Waals surface area contributed by atoms with Crippen LogP contribution < -0.4 is 0 Å². The molecule has 0 heterocycles. The Labute approximate surface area is 385 Å². The van der Waals surface area contributed by atoms with Gasteiger partial charge in [-0.3, -0.25) is 0 Å².